The van der Waals surface area contributed by atoms with Crippen LogP contribution in [0.15, 0.2) is 52.3 Å². The monoisotopic (exact) mass is 481 g/mol. The van der Waals surface area contributed by atoms with Crippen molar-refractivity contribution < 1.29 is 27.7 Å². The number of carbonyl (C=O) groups is 2. The molecule has 3 rings (SSSR count). The summed E-state index contributed by atoms with van der Waals surface area (Å²) in [6, 6.07) is 8.84. The van der Waals surface area contributed by atoms with Crippen LogP contribution < -0.4 is 0 Å². The molecule has 0 atom stereocenters. The molecular formula is C20H20ClN3O7S. The summed E-state index contributed by atoms with van der Waals surface area (Å²) in [4.78, 5) is 37.5. The number of nitro benzene ring substituents is 1. The van der Waals surface area contributed by atoms with E-state index in [1.165, 1.54) is 34.1 Å². The average molecular weight is 482 g/mol. The van der Waals surface area contributed by atoms with Crippen LogP contribution in [0.5, 0.6) is 0 Å². The van der Waals surface area contributed by atoms with Gasteiger partial charge in [0.2, 0.25) is 9.84 Å². The Morgan fingerprint density at radius 3 is 2.28 bits per heavy atom. The van der Waals surface area contributed by atoms with E-state index in [9.17, 15) is 28.1 Å². The minimum atomic E-state index is -4.29. The lowest BCUT2D eigenvalue weighted by Crippen LogP contribution is -2.50. The molecule has 1 fully saturated rings. The summed E-state index contributed by atoms with van der Waals surface area (Å²) in [5.74, 6) is -0.502. The first-order valence-electron chi connectivity index (χ1n) is 9.65. The smallest absolute Gasteiger partial charge is 0.409 e. The summed E-state index contributed by atoms with van der Waals surface area (Å²) in [6.45, 7) is 2.87. The number of hydrogen-bond acceptors (Lipinski definition) is 7. The van der Waals surface area contributed by atoms with Crippen molar-refractivity contribution in [1.29, 1.82) is 0 Å². The third-order valence-electron chi connectivity index (χ3n) is 4.91. The Labute approximate surface area is 189 Å². The van der Waals surface area contributed by atoms with E-state index in [1.807, 2.05) is 0 Å². The van der Waals surface area contributed by atoms with Gasteiger partial charge in [-0.2, -0.15) is 0 Å². The van der Waals surface area contributed by atoms with Crippen LogP contribution in [0.4, 0.5) is 10.5 Å². The van der Waals surface area contributed by atoms with Crippen LogP contribution in [0.1, 0.15) is 17.3 Å². The maximum absolute atomic E-state index is 13.0. The highest BCUT2D eigenvalue weighted by Crippen LogP contribution is 2.33. The van der Waals surface area contributed by atoms with Crippen LogP contribution >= 0.6 is 11.6 Å². The molecule has 2 aromatic carbocycles. The molecule has 10 nitrogen and oxygen atoms in total. The van der Waals surface area contributed by atoms with E-state index in [2.05, 4.69) is 0 Å². The summed E-state index contributed by atoms with van der Waals surface area (Å²) in [6.07, 6.45) is -0.468. The largest absolute Gasteiger partial charge is 0.450 e. The second-order valence-electron chi connectivity index (χ2n) is 6.85. The number of amides is 2. The number of ether oxygens (including phenoxy) is 1. The van der Waals surface area contributed by atoms with Crippen molar-refractivity contribution in [2.45, 2.75) is 16.7 Å². The lowest BCUT2D eigenvalue weighted by Gasteiger charge is -2.34. The molecule has 0 bridgehead atoms. The molecule has 12 heteroatoms. The van der Waals surface area contributed by atoms with Gasteiger partial charge in [-0.15, -0.1) is 0 Å². The highest BCUT2D eigenvalue weighted by molar-refractivity contribution is 7.91. The van der Waals surface area contributed by atoms with E-state index in [0.29, 0.717) is 0 Å². The van der Waals surface area contributed by atoms with Gasteiger partial charge in [0.05, 0.1) is 21.4 Å². The molecule has 1 aliphatic heterocycles. The third kappa shape index (κ3) is 4.68. The highest BCUT2D eigenvalue weighted by atomic mass is 35.5. The Morgan fingerprint density at radius 2 is 1.69 bits per heavy atom. The fourth-order valence-electron chi connectivity index (χ4n) is 3.29. The summed E-state index contributed by atoms with van der Waals surface area (Å²) < 4.78 is 30.9. The number of rotatable bonds is 5. The molecule has 0 N–H and O–H groups in total. The highest BCUT2D eigenvalue weighted by Gasteiger charge is 2.32. The molecule has 0 spiro atoms. The first-order chi connectivity index (χ1) is 15.2. The van der Waals surface area contributed by atoms with Crippen molar-refractivity contribution in [2.24, 2.45) is 0 Å². The maximum atomic E-state index is 13.0. The van der Waals surface area contributed by atoms with Crippen molar-refractivity contribution in [3.63, 3.8) is 0 Å². The van der Waals surface area contributed by atoms with Crippen molar-refractivity contribution in [1.82, 2.24) is 9.80 Å². The zero-order chi connectivity index (χ0) is 23.5. The van der Waals surface area contributed by atoms with Crippen LogP contribution in [0.2, 0.25) is 5.02 Å². The Bertz CT molecular complexity index is 1160. The quantitative estimate of drug-likeness (QED) is 0.474. The number of halogens is 1. The van der Waals surface area contributed by atoms with E-state index in [-0.39, 0.29) is 48.3 Å². The van der Waals surface area contributed by atoms with Gasteiger partial charge in [-0.25, -0.2) is 13.2 Å². The Morgan fingerprint density at radius 1 is 1.06 bits per heavy atom. The number of hydrogen-bond donors (Lipinski definition) is 0. The van der Waals surface area contributed by atoms with Crippen molar-refractivity contribution in [3.8, 4) is 0 Å². The number of sulfone groups is 1. The summed E-state index contributed by atoms with van der Waals surface area (Å²) in [5, 5.41) is 11.6. The van der Waals surface area contributed by atoms with Crippen molar-refractivity contribution in [3.05, 3.63) is 63.2 Å². The number of carbonyl (C=O) groups excluding carboxylic acids is 2. The molecule has 0 aliphatic carbocycles. The molecule has 32 heavy (non-hydrogen) atoms. The van der Waals surface area contributed by atoms with Gasteiger partial charge >= 0.3 is 6.09 Å². The fraction of sp³-hybridized carbons (Fsp3) is 0.300. The zero-order valence-electron chi connectivity index (χ0n) is 17.1. The molecule has 0 saturated carbocycles. The van der Waals surface area contributed by atoms with E-state index >= 15 is 0 Å². The average Bonchev–Trinajstić information content (AvgIpc) is 2.78. The fourth-order valence-corrected chi connectivity index (χ4v) is 5.21. The number of nitrogens with zero attached hydrogens (tertiary/aromatic N) is 3. The Hall–Kier alpha value is -3.18. The molecule has 0 radical (unpaired) electrons. The second kappa shape index (κ2) is 9.53. The molecule has 170 valence electrons. The van der Waals surface area contributed by atoms with Gasteiger partial charge in [-0.1, -0.05) is 23.7 Å². The molecule has 2 aromatic rings. The van der Waals surface area contributed by atoms with Gasteiger partial charge < -0.3 is 14.5 Å². The first-order valence-corrected chi connectivity index (χ1v) is 11.5. The number of nitro groups is 1. The van der Waals surface area contributed by atoms with Gasteiger partial charge in [-0.3, -0.25) is 14.9 Å². The van der Waals surface area contributed by atoms with Crippen LogP contribution in [0, 0.1) is 10.1 Å². The molecule has 1 heterocycles. The van der Waals surface area contributed by atoms with E-state index in [0.717, 1.165) is 12.1 Å². The molecule has 1 aliphatic rings. The molecule has 0 aromatic heterocycles. The SMILES string of the molecule is CCOC(=O)N1CCN(C(=O)c2ccc(S(=O)(=O)c3ccccc3Cl)c([N+](=O)[O-])c2)CC1. The standard InChI is InChI=1S/C20H20ClN3O7S/c1-2-31-20(26)23-11-9-22(10-12-23)19(25)14-7-8-18(16(13-14)24(27)28)32(29,30)17-6-4-3-5-15(17)21/h3-8,13H,2,9-12H2,1H3. The first kappa shape index (κ1) is 23.5. The van der Waals surface area contributed by atoms with Crippen LogP contribution in [-0.4, -0.2) is 67.9 Å². The predicted molar refractivity (Wildman–Crippen MR) is 114 cm³/mol. The molecule has 0 unspecified atom stereocenters. The Balaban J connectivity index is 1.87. The third-order valence-corrected chi connectivity index (χ3v) is 7.21. The lowest BCUT2D eigenvalue weighted by atomic mass is 10.1. The van der Waals surface area contributed by atoms with Crippen LogP contribution in [0.3, 0.4) is 0 Å². The molecule has 1 saturated heterocycles. The molecular weight excluding hydrogens is 462 g/mol. The van der Waals surface area contributed by atoms with Crippen LogP contribution in [0.25, 0.3) is 0 Å². The summed E-state index contributed by atoms with van der Waals surface area (Å²) in [5.41, 5.74) is -0.750. The minimum absolute atomic E-state index is 0.0283. The Kier molecular flexibility index (Phi) is 6.99. The normalized spacial score (nSPS) is 14.2. The van der Waals surface area contributed by atoms with Crippen molar-refractivity contribution in [2.75, 3.05) is 32.8 Å². The second-order valence-corrected chi connectivity index (χ2v) is 9.15. The van der Waals surface area contributed by atoms with E-state index < -0.39 is 37.3 Å². The summed E-state index contributed by atoms with van der Waals surface area (Å²) in [7, 11) is -4.29. The van der Waals surface area contributed by atoms with Gasteiger partial charge in [0.15, 0.2) is 0 Å². The van der Waals surface area contributed by atoms with Crippen molar-refractivity contribution >= 4 is 39.1 Å². The molecule has 2 amide bonds. The minimum Gasteiger partial charge on any atom is -0.450 e. The lowest BCUT2D eigenvalue weighted by molar-refractivity contribution is -0.387. The maximum Gasteiger partial charge on any atom is 0.409 e. The van der Waals surface area contributed by atoms with Gasteiger partial charge in [0.1, 0.15) is 4.90 Å². The van der Waals surface area contributed by atoms with Gasteiger partial charge in [0.25, 0.3) is 11.6 Å². The van der Waals surface area contributed by atoms with E-state index in [4.69, 9.17) is 16.3 Å². The van der Waals surface area contributed by atoms with E-state index in [1.54, 1.807) is 13.0 Å². The van der Waals surface area contributed by atoms with Gasteiger partial charge in [0, 0.05) is 37.8 Å². The number of benzene rings is 2. The number of piperazine rings is 1. The van der Waals surface area contributed by atoms with Gasteiger partial charge in [-0.05, 0) is 31.2 Å². The topological polar surface area (TPSA) is 127 Å². The van der Waals surface area contributed by atoms with Crippen LogP contribution in [-0.2, 0) is 14.6 Å². The zero-order valence-corrected chi connectivity index (χ0v) is 18.6. The summed E-state index contributed by atoms with van der Waals surface area (Å²) >= 11 is 5.98. The predicted octanol–water partition coefficient (Wildman–Crippen LogP) is 3.00.